The van der Waals surface area contributed by atoms with E-state index in [1.165, 1.54) is 5.01 Å². The molecule has 0 saturated heterocycles. The predicted molar refractivity (Wildman–Crippen MR) is 157 cm³/mol. The van der Waals surface area contributed by atoms with E-state index in [4.69, 9.17) is 11.6 Å². The Balaban J connectivity index is 1.59. The first kappa shape index (κ1) is 23.7. The van der Waals surface area contributed by atoms with Gasteiger partial charge in [0.1, 0.15) is 0 Å². The number of hydrogen-bond acceptors (Lipinski definition) is 2. The third kappa shape index (κ3) is 4.36. The average molecular weight is 514 g/mol. The summed E-state index contributed by atoms with van der Waals surface area (Å²) in [6.45, 7) is 1.88. The Labute approximate surface area is 226 Å². The molecule has 0 aliphatic carbocycles. The number of aromatic nitrogens is 1. The third-order valence-electron chi connectivity index (χ3n) is 6.59. The molecule has 5 aromatic rings. The van der Waals surface area contributed by atoms with Crippen molar-refractivity contribution in [3.8, 4) is 28.2 Å². The summed E-state index contributed by atoms with van der Waals surface area (Å²) in [5.74, 6) is -0.145. The van der Waals surface area contributed by atoms with Crippen LogP contribution in [0.3, 0.4) is 0 Å². The van der Waals surface area contributed by atoms with Crippen LogP contribution in [0.15, 0.2) is 132 Å². The van der Waals surface area contributed by atoms with Gasteiger partial charge in [0.15, 0.2) is 0 Å². The predicted octanol–water partition coefficient (Wildman–Crippen LogP) is 8.27. The largest absolute Gasteiger partial charge is 0.309 e. The fourth-order valence-electron chi connectivity index (χ4n) is 4.80. The van der Waals surface area contributed by atoms with Crippen LogP contribution in [0.5, 0.6) is 0 Å². The van der Waals surface area contributed by atoms with Crippen LogP contribution in [0.1, 0.15) is 12.5 Å². The van der Waals surface area contributed by atoms with E-state index in [9.17, 15) is 4.79 Å². The van der Waals surface area contributed by atoms with Crippen LogP contribution in [-0.4, -0.2) is 16.2 Å². The molecule has 0 radical (unpaired) electrons. The molecule has 0 bridgehead atoms. The maximum atomic E-state index is 13.6. The second kappa shape index (κ2) is 10.0. The maximum absolute atomic E-state index is 13.6. The number of hydrazone groups is 1. The van der Waals surface area contributed by atoms with Gasteiger partial charge < -0.3 is 4.57 Å². The van der Waals surface area contributed by atoms with Crippen molar-refractivity contribution < 1.29 is 4.79 Å². The number of para-hydroxylation sites is 1. The van der Waals surface area contributed by atoms with Crippen molar-refractivity contribution in [3.05, 3.63) is 137 Å². The van der Waals surface area contributed by atoms with Crippen LogP contribution in [0, 0.1) is 0 Å². The number of halogens is 1. The molecule has 0 unspecified atom stereocenters. The number of nitrogens with zero attached hydrogens (tertiary/aromatic N) is 3. The second-order valence-electron chi connectivity index (χ2n) is 9.07. The topological polar surface area (TPSA) is 37.6 Å². The Bertz CT molecular complexity index is 1670. The molecule has 0 spiro atoms. The Morgan fingerprint density at radius 1 is 0.711 bits per heavy atom. The molecular weight excluding hydrogens is 490 g/mol. The monoisotopic (exact) mass is 513 g/mol. The highest BCUT2D eigenvalue weighted by atomic mass is 35.5. The molecule has 1 aliphatic rings. The van der Waals surface area contributed by atoms with Gasteiger partial charge in [-0.3, -0.25) is 4.79 Å². The quantitative estimate of drug-likeness (QED) is 0.218. The highest BCUT2D eigenvalue weighted by molar-refractivity contribution is 6.32. The highest BCUT2D eigenvalue weighted by Gasteiger charge is 2.29. The molecule has 0 fully saturated rings. The molecule has 0 atom stereocenters. The van der Waals surface area contributed by atoms with E-state index in [2.05, 4.69) is 40.0 Å². The van der Waals surface area contributed by atoms with E-state index in [-0.39, 0.29) is 5.91 Å². The fraction of sp³-hybridized carbons (Fsp3) is 0.0303. The molecule has 6 rings (SSSR count). The minimum absolute atomic E-state index is 0.145. The Kier molecular flexibility index (Phi) is 6.24. The van der Waals surface area contributed by atoms with Gasteiger partial charge in [0, 0.05) is 16.3 Å². The summed E-state index contributed by atoms with van der Waals surface area (Å²) < 4.78 is 2.23. The first-order chi connectivity index (χ1) is 18.6. The molecule has 2 heterocycles. The molecule has 1 amide bonds. The Morgan fingerprint density at radius 3 is 1.92 bits per heavy atom. The molecule has 4 nitrogen and oxygen atoms in total. The van der Waals surface area contributed by atoms with E-state index >= 15 is 0 Å². The molecular formula is C33H24ClN3O. The van der Waals surface area contributed by atoms with Gasteiger partial charge in [-0.1, -0.05) is 90.5 Å². The first-order valence-corrected chi connectivity index (χ1v) is 12.8. The lowest BCUT2D eigenvalue weighted by molar-refractivity contribution is -0.114. The molecule has 184 valence electrons. The van der Waals surface area contributed by atoms with Gasteiger partial charge in [-0.2, -0.15) is 10.1 Å². The summed E-state index contributed by atoms with van der Waals surface area (Å²) in [4.78, 5) is 13.6. The van der Waals surface area contributed by atoms with Crippen molar-refractivity contribution in [2.24, 2.45) is 5.10 Å². The van der Waals surface area contributed by atoms with Crippen molar-refractivity contribution >= 4 is 35.0 Å². The minimum atomic E-state index is -0.145. The SMILES string of the molecule is CC1=NN(c2ccccc2)C(=O)/C1=C/c1cc(-c2ccccc2)n(-c2ccc(Cl)cc2)c1-c1ccccc1. The van der Waals surface area contributed by atoms with Gasteiger partial charge >= 0.3 is 0 Å². The zero-order valence-electron chi connectivity index (χ0n) is 20.8. The molecule has 38 heavy (non-hydrogen) atoms. The standard InChI is InChI=1S/C33H24ClN3O/c1-23-30(33(38)37(35-23)29-15-9-4-10-16-29)21-26-22-31(24-11-5-2-6-12-24)36(28-19-17-27(34)18-20-28)32(26)25-13-7-3-8-14-25/h2-22H,1H3/b30-21+. The van der Waals surface area contributed by atoms with Gasteiger partial charge in [-0.15, -0.1) is 0 Å². The van der Waals surface area contributed by atoms with Crippen molar-refractivity contribution in [2.75, 3.05) is 5.01 Å². The summed E-state index contributed by atoms with van der Waals surface area (Å²) in [5.41, 5.74) is 8.00. The lowest BCUT2D eigenvalue weighted by Crippen LogP contribution is -2.21. The molecule has 0 saturated carbocycles. The summed E-state index contributed by atoms with van der Waals surface area (Å²) in [7, 11) is 0. The van der Waals surface area contributed by atoms with E-state index in [0.717, 1.165) is 39.5 Å². The van der Waals surface area contributed by atoms with Crippen molar-refractivity contribution in [1.82, 2.24) is 4.57 Å². The van der Waals surface area contributed by atoms with Crippen LogP contribution in [0.2, 0.25) is 5.02 Å². The molecule has 5 heteroatoms. The van der Waals surface area contributed by atoms with Crippen molar-refractivity contribution in [2.45, 2.75) is 6.92 Å². The normalized spacial score (nSPS) is 14.3. The smallest absolute Gasteiger partial charge is 0.280 e. The van der Waals surface area contributed by atoms with Gasteiger partial charge in [0.05, 0.1) is 28.4 Å². The van der Waals surface area contributed by atoms with Crippen molar-refractivity contribution in [1.29, 1.82) is 0 Å². The van der Waals surface area contributed by atoms with Gasteiger partial charge in [0.25, 0.3) is 5.91 Å². The lowest BCUT2D eigenvalue weighted by atomic mass is 10.0. The molecule has 1 aromatic heterocycles. The van der Waals surface area contributed by atoms with Gasteiger partial charge in [0.2, 0.25) is 0 Å². The molecule has 0 N–H and O–H groups in total. The van der Waals surface area contributed by atoms with Crippen LogP contribution in [0.25, 0.3) is 34.3 Å². The lowest BCUT2D eigenvalue weighted by Gasteiger charge is -2.15. The van der Waals surface area contributed by atoms with Gasteiger partial charge in [-0.25, -0.2) is 0 Å². The third-order valence-corrected chi connectivity index (χ3v) is 6.85. The first-order valence-electron chi connectivity index (χ1n) is 12.4. The van der Waals surface area contributed by atoms with E-state index in [1.54, 1.807) is 0 Å². The van der Waals surface area contributed by atoms with Crippen LogP contribution in [-0.2, 0) is 4.79 Å². The molecule has 1 aliphatic heterocycles. The second-order valence-corrected chi connectivity index (χ2v) is 9.51. The van der Waals surface area contributed by atoms with E-state index in [1.807, 2.05) is 104 Å². The number of rotatable bonds is 5. The maximum Gasteiger partial charge on any atom is 0.280 e. The molecule has 4 aromatic carbocycles. The van der Waals surface area contributed by atoms with E-state index < -0.39 is 0 Å². The van der Waals surface area contributed by atoms with Crippen LogP contribution < -0.4 is 5.01 Å². The highest BCUT2D eigenvalue weighted by Crippen LogP contribution is 2.38. The Hall–Kier alpha value is -4.67. The van der Waals surface area contributed by atoms with Gasteiger partial charge in [-0.05, 0) is 66.6 Å². The Morgan fingerprint density at radius 2 is 1.29 bits per heavy atom. The number of hydrogen-bond donors (Lipinski definition) is 0. The van der Waals surface area contributed by atoms with Crippen molar-refractivity contribution in [3.63, 3.8) is 0 Å². The minimum Gasteiger partial charge on any atom is -0.309 e. The fourth-order valence-corrected chi connectivity index (χ4v) is 4.92. The number of amides is 1. The summed E-state index contributed by atoms with van der Waals surface area (Å²) in [6, 6.07) is 40.0. The van der Waals surface area contributed by atoms with Crippen LogP contribution in [0.4, 0.5) is 5.69 Å². The number of anilines is 1. The number of carbonyl (C=O) groups is 1. The average Bonchev–Trinajstić information content (AvgIpc) is 3.48. The summed E-state index contributed by atoms with van der Waals surface area (Å²) in [5, 5.41) is 6.73. The van der Waals surface area contributed by atoms with Crippen LogP contribution >= 0.6 is 11.6 Å². The summed E-state index contributed by atoms with van der Waals surface area (Å²) >= 11 is 6.25. The number of carbonyl (C=O) groups excluding carboxylic acids is 1. The zero-order chi connectivity index (χ0) is 26.1. The summed E-state index contributed by atoms with van der Waals surface area (Å²) in [6.07, 6.45) is 1.96. The zero-order valence-corrected chi connectivity index (χ0v) is 21.5. The number of benzene rings is 4. The van der Waals surface area contributed by atoms with E-state index in [0.29, 0.717) is 16.3 Å².